The molecule has 0 amide bonds. The van der Waals surface area contributed by atoms with Crippen LogP contribution >= 0.6 is 11.6 Å². The fraction of sp³-hybridized carbons (Fsp3) is 0.538. The van der Waals surface area contributed by atoms with Gasteiger partial charge in [-0.25, -0.2) is 0 Å². The number of aliphatic hydroxyl groups excluding tert-OH is 1. The normalized spacial score (nSPS) is 17.4. The van der Waals surface area contributed by atoms with Crippen LogP contribution in [0.15, 0.2) is 18.2 Å². The van der Waals surface area contributed by atoms with Gasteiger partial charge < -0.3 is 10.0 Å². The summed E-state index contributed by atoms with van der Waals surface area (Å²) in [5.74, 6) is 0. The van der Waals surface area contributed by atoms with Crippen molar-refractivity contribution in [3.05, 3.63) is 28.8 Å². The molecule has 0 saturated heterocycles. The summed E-state index contributed by atoms with van der Waals surface area (Å²) in [7, 11) is 0. The third kappa shape index (κ3) is 3.76. The number of alkyl halides is 3. The lowest BCUT2D eigenvalue weighted by Gasteiger charge is -2.27. The van der Waals surface area contributed by atoms with Crippen LogP contribution in [0.2, 0.25) is 5.02 Å². The zero-order chi connectivity index (χ0) is 14.2. The van der Waals surface area contributed by atoms with Crippen molar-refractivity contribution in [2.45, 2.75) is 38.1 Å². The van der Waals surface area contributed by atoms with Crippen LogP contribution in [0, 0.1) is 0 Å². The van der Waals surface area contributed by atoms with Crippen LogP contribution in [0.3, 0.4) is 0 Å². The van der Waals surface area contributed by atoms with Crippen LogP contribution in [0.5, 0.6) is 0 Å². The lowest BCUT2D eigenvalue weighted by Crippen LogP contribution is -2.36. The van der Waals surface area contributed by atoms with E-state index in [1.54, 1.807) is 19.1 Å². The summed E-state index contributed by atoms with van der Waals surface area (Å²) in [6.07, 6.45) is -3.44. The number of halogens is 4. The molecule has 0 heterocycles. The fourth-order valence-electron chi connectivity index (χ4n) is 2.01. The van der Waals surface area contributed by atoms with Gasteiger partial charge in [-0.3, -0.25) is 0 Å². The zero-order valence-corrected chi connectivity index (χ0v) is 11.2. The van der Waals surface area contributed by atoms with E-state index in [9.17, 15) is 18.3 Å². The summed E-state index contributed by atoms with van der Waals surface area (Å²) in [6, 6.07) is 4.59. The lowest BCUT2D eigenvalue weighted by molar-refractivity contribution is -0.120. The first-order chi connectivity index (χ1) is 8.78. The van der Waals surface area contributed by atoms with Gasteiger partial charge in [-0.15, -0.1) is 0 Å². The van der Waals surface area contributed by atoms with Crippen LogP contribution in [-0.2, 0) is 0 Å². The monoisotopic (exact) mass is 293 g/mol. The highest BCUT2D eigenvalue weighted by atomic mass is 35.5. The Morgan fingerprint density at radius 2 is 2.05 bits per heavy atom. The molecule has 1 N–H and O–H groups in total. The smallest absolute Gasteiger partial charge is 0.389 e. The number of nitrogens with zero attached hydrogens (tertiary/aromatic N) is 1. The molecule has 1 aromatic rings. The summed E-state index contributed by atoms with van der Waals surface area (Å²) in [4.78, 5) is 1.30. The molecule has 0 spiro atoms. The molecule has 1 aliphatic carbocycles. The molecule has 0 bridgehead atoms. The molecule has 1 unspecified atom stereocenters. The number of aliphatic hydroxyl groups is 1. The van der Waals surface area contributed by atoms with Gasteiger partial charge in [0.1, 0.15) is 6.54 Å². The van der Waals surface area contributed by atoms with Crippen LogP contribution in [0.25, 0.3) is 0 Å². The average molecular weight is 294 g/mol. The first-order valence-corrected chi connectivity index (χ1v) is 6.46. The summed E-state index contributed by atoms with van der Waals surface area (Å²) < 4.78 is 37.8. The molecule has 0 aromatic heterocycles. The van der Waals surface area contributed by atoms with Gasteiger partial charge in [-0.2, -0.15) is 13.2 Å². The van der Waals surface area contributed by atoms with Crippen molar-refractivity contribution in [2.24, 2.45) is 0 Å². The van der Waals surface area contributed by atoms with Crippen molar-refractivity contribution in [1.82, 2.24) is 0 Å². The molecule has 1 aromatic carbocycles. The molecule has 6 heteroatoms. The Morgan fingerprint density at radius 1 is 1.42 bits per heavy atom. The standard InChI is InChI=1S/C13H15ClF3NO/c1-8(19)9-2-5-12(11(14)6-9)18(10-3-4-10)7-13(15,16)17/h2,5-6,8,10,19H,3-4,7H2,1H3. The zero-order valence-electron chi connectivity index (χ0n) is 10.4. The molecule has 1 fully saturated rings. The van der Waals surface area contributed by atoms with E-state index in [4.69, 9.17) is 11.6 Å². The Hall–Kier alpha value is -0.940. The molecular formula is C13H15ClF3NO. The second-order valence-electron chi connectivity index (χ2n) is 4.86. The summed E-state index contributed by atoms with van der Waals surface area (Å²) in [5.41, 5.74) is 0.974. The van der Waals surface area contributed by atoms with E-state index in [-0.39, 0.29) is 11.1 Å². The number of rotatable bonds is 4. The molecular weight excluding hydrogens is 279 g/mol. The van der Waals surface area contributed by atoms with Gasteiger partial charge in [-0.1, -0.05) is 17.7 Å². The summed E-state index contributed by atoms with van der Waals surface area (Å²) >= 11 is 6.05. The number of hydrogen-bond acceptors (Lipinski definition) is 2. The highest BCUT2D eigenvalue weighted by Gasteiger charge is 2.38. The molecule has 1 saturated carbocycles. The Labute approximate surface area is 114 Å². The van der Waals surface area contributed by atoms with Crippen molar-refractivity contribution in [1.29, 1.82) is 0 Å². The molecule has 0 aliphatic heterocycles. The topological polar surface area (TPSA) is 23.5 Å². The Kier molecular flexibility index (Phi) is 3.97. The third-order valence-corrected chi connectivity index (χ3v) is 3.40. The quantitative estimate of drug-likeness (QED) is 0.909. The van der Waals surface area contributed by atoms with E-state index >= 15 is 0 Å². The van der Waals surface area contributed by atoms with E-state index in [2.05, 4.69) is 0 Å². The molecule has 1 aliphatic rings. The third-order valence-electron chi connectivity index (χ3n) is 3.10. The van der Waals surface area contributed by atoms with Gasteiger partial charge in [0, 0.05) is 6.04 Å². The SMILES string of the molecule is CC(O)c1ccc(N(CC(F)(F)F)C2CC2)c(Cl)c1. The summed E-state index contributed by atoms with van der Waals surface area (Å²) in [5, 5.41) is 9.68. The van der Waals surface area contributed by atoms with Gasteiger partial charge in [0.05, 0.1) is 16.8 Å². The van der Waals surface area contributed by atoms with Crippen molar-refractivity contribution in [3.63, 3.8) is 0 Å². The van der Waals surface area contributed by atoms with Crippen LogP contribution in [0.1, 0.15) is 31.4 Å². The molecule has 0 radical (unpaired) electrons. The first kappa shape index (κ1) is 14.5. The Morgan fingerprint density at radius 3 is 2.47 bits per heavy atom. The van der Waals surface area contributed by atoms with E-state index in [0.29, 0.717) is 11.3 Å². The molecule has 2 nitrogen and oxygen atoms in total. The highest BCUT2D eigenvalue weighted by molar-refractivity contribution is 6.33. The molecule has 2 rings (SSSR count). The van der Waals surface area contributed by atoms with Crippen molar-refractivity contribution in [3.8, 4) is 0 Å². The van der Waals surface area contributed by atoms with Gasteiger partial charge in [0.25, 0.3) is 0 Å². The van der Waals surface area contributed by atoms with Crippen molar-refractivity contribution >= 4 is 17.3 Å². The first-order valence-electron chi connectivity index (χ1n) is 6.09. The highest BCUT2D eigenvalue weighted by Crippen LogP contribution is 2.38. The maximum Gasteiger partial charge on any atom is 0.405 e. The van der Waals surface area contributed by atoms with E-state index in [1.807, 2.05) is 0 Å². The average Bonchev–Trinajstić information content (AvgIpc) is 3.08. The predicted molar refractivity (Wildman–Crippen MR) is 68.5 cm³/mol. The van der Waals surface area contributed by atoms with E-state index in [1.165, 1.54) is 11.0 Å². The van der Waals surface area contributed by atoms with Gasteiger partial charge >= 0.3 is 6.18 Å². The minimum atomic E-state index is -4.26. The van der Waals surface area contributed by atoms with Crippen molar-refractivity contribution in [2.75, 3.05) is 11.4 Å². The fourth-order valence-corrected chi connectivity index (χ4v) is 2.30. The maximum absolute atomic E-state index is 12.6. The Balaban J connectivity index is 2.27. The minimum Gasteiger partial charge on any atom is -0.389 e. The van der Waals surface area contributed by atoms with Crippen LogP contribution < -0.4 is 4.90 Å². The largest absolute Gasteiger partial charge is 0.405 e. The number of anilines is 1. The Bertz CT molecular complexity index is 458. The molecule has 1 atom stereocenters. The second-order valence-corrected chi connectivity index (χ2v) is 5.27. The predicted octanol–water partition coefficient (Wildman–Crippen LogP) is 3.92. The second kappa shape index (κ2) is 5.21. The van der Waals surface area contributed by atoms with E-state index in [0.717, 1.165) is 12.8 Å². The van der Waals surface area contributed by atoms with Crippen LogP contribution in [-0.4, -0.2) is 23.9 Å². The van der Waals surface area contributed by atoms with E-state index < -0.39 is 18.8 Å². The van der Waals surface area contributed by atoms with Gasteiger partial charge in [0.2, 0.25) is 0 Å². The van der Waals surface area contributed by atoms with Crippen LogP contribution in [0.4, 0.5) is 18.9 Å². The maximum atomic E-state index is 12.6. The minimum absolute atomic E-state index is 0.0866. The van der Waals surface area contributed by atoms with Crippen molar-refractivity contribution < 1.29 is 18.3 Å². The molecule has 106 valence electrons. The molecule has 19 heavy (non-hydrogen) atoms. The number of hydrogen-bond donors (Lipinski definition) is 1. The van der Waals surface area contributed by atoms with Gasteiger partial charge in [0.15, 0.2) is 0 Å². The van der Waals surface area contributed by atoms with Gasteiger partial charge in [-0.05, 0) is 37.5 Å². The summed E-state index contributed by atoms with van der Waals surface area (Å²) in [6.45, 7) is 0.588. The number of benzene rings is 1. The lowest BCUT2D eigenvalue weighted by atomic mass is 10.1.